The van der Waals surface area contributed by atoms with E-state index in [1.165, 1.54) is 6.92 Å². The number of rotatable bonds is 4. The molecule has 0 spiro atoms. The number of halogens is 2. The van der Waals surface area contributed by atoms with Crippen LogP contribution in [0.2, 0.25) is 5.02 Å². The number of carbonyl (C=O) groups is 1. The Labute approximate surface area is 135 Å². The summed E-state index contributed by atoms with van der Waals surface area (Å²) in [6.45, 7) is 0.974. The van der Waals surface area contributed by atoms with Crippen LogP contribution in [0.1, 0.15) is 13.3 Å². The molecule has 1 aromatic carbocycles. The highest BCUT2D eigenvalue weighted by Crippen LogP contribution is 2.36. The normalized spacial score (nSPS) is 22.2. The molecule has 1 atom stereocenters. The molecular weight excluding hydrogens is 355 g/mol. The van der Waals surface area contributed by atoms with Gasteiger partial charge in [0.25, 0.3) is 5.69 Å². The molecule has 1 aliphatic heterocycles. The van der Waals surface area contributed by atoms with E-state index in [9.17, 15) is 27.7 Å². The van der Waals surface area contributed by atoms with Gasteiger partial charge in [-0.3, -0.25) is 14.9 Å². The lowest BCUT2D eigenvalue weighted by molar-refractivity contribution is -0.384. The number of nitrogens with zero attached hydrogens (tertiary/aromatic N) is 2. The van der Waals surface area contributed by atoms with Gasteiger partial charge in [-0.2, -0.15) is 4.31 Å². The van der Waals surface area contributed by atoms with Crippen LogP contribution >= 0.6 is 11.6 Å². The molecule has 0 aromatic heterocycles. The molecule has 0 saturated carbocycles. The molecule has 1 aromatic rings. The summed E-state index contributed by atoms with van der Waals surface area (Å²) >= 11 is 5.63. The van der Waals surface area contributed by atoms with E-state index in [4.69, 9.17) is 16.7 Å². The van der Waals surface area contributed by atoms with Gasteiger partial charge < -0.3 is 5.11 Å². The third kappa shape index (κ3) is 3.01. The smallest absolute Gasteiger partial charge is 0.310 e. The zero-order valence-electron chi connectivity index (χ0n) is 11.8. The number of hydrogen-bond acceptors (Lipinski definition) is 5. The van der Waals surface area contributed by atoms with Crippen molar-refractivity contribution in [2.24, 2.45) is 5.41 Å². The van der Waals surface area contributed by atoms with Crippen molar-refractivity contribution in [1.82, 2.24) is 4.31 Å². The first-order valence-corrected chi connectivity index (χ1v) is 8.18. The van der Waals surface area contributed by atoms with Gasteiger partial charge >= 0.3 is 5.97 Å². The third-order valence-electron chi connectivity index (χ3n) is 3.77. The van der Waals surface area contributed by atoms with E-state index in [-0.39, 0.29) is 19.5 Å². The maximum Gasteiger partial charge on any atom is 0.310 e. The van der Waals surface area contributed by atoms with E-state index >= 15 is 0 Å². The highest BCUT2D eigenvalue weighted by molar-refractivity contribution is 7.89. The zero-order chi connectivity index (χ0) is 17.6. The van der Waals surface area contributed by atoms with Crippen LogP contribution in [0.25, 0.3) is 0 Å². The van der Waals surface area contributed by atoms with Crippen LogP contribution in [0.15, 0.2) is 17.0 Å². The van der Waals surface area contributed by atoms with E-state index in [0.29, 0.717) is 12.1 Å². The number of carboxylic acids is 1. The van der Waals surface area contributed by atoms with E-state index in [1.54, 1.807) is 0 Å². The standard InChI is InChI=1S/C12H12ClFN2O6S/c1-12(11(17)18)2-3-15(6-12)23(21,22)10-4-7(13)9(16(19)20)5-8(10)14/h4-5H,2-3,6H2,1H3,(H,17,18). The first kappa shape index (κ1) is 17.6. The fraction of sp³-hybridized carbons (Fsp3) is 0.417. The van der Waals surface area contributed by atoms with E-state index < -0.39 is 47.8 Å². The Morgan fingerprint density at radius 2 is 2.13 bits per heavy atom. The topological polar surface area (TPSA) is 118 Å². The molecule has 2 rings (SSSR count). The van der Waals surface area contributed by atoms with E-state index in [0.717, 1.165) is 4.31 Å². The number of hydrogen-bond donors (Lipinski definition) is 1. The number of nitro groups is 1. The summed E-state index contributed by atoms with van der Waals surface area (Å²) in [5, 5.41) is 19.3. The predicted molar refractivity (Wildman–Crippen MR) is 77.2 cm³/mol. The summed E-state index contributed by atoms with van der Waals surface area (Å²) in [6.07, 6.45) is 0.0733. The van der Waals surface area contributed by atoms with Gasteiger partial charge in [-0.1, -0.05) is 11.6 Å². The Bertz CT molecular complexity index is 799. The van der Waals surface area contributed by atoms with Crippen LogP contribution in [0, 0.1) is 21.3 Å². The quantitative estimate of drug-likeness (QED) is 0.642. The first-order valence-electron chi connectivity index (χ1n) is 6.36. The second kappa shape index (κ2) is 5.69. The lowest BCUT2D eigenvalue weighted by Crippen LogP contribution is -2.35. The molecule has 0 aliphatic carbocycles. The number of nitro benzene ring substituents is 1. The predicted octanol–water partition coefficient (Wildman–Crippen LogP) is 1.87. The molecule has 1 N–H and O–H groups in total. The highest BCUT2D eigenvalue weighted by Gasteiger charge is 2.45. The van der Waals surface area contributed by atoms with Crippen molar-refractivity contribution in [3.8, 4) is 0 Å². The van der Waals surface area contributed by atoms with Crippen molar-refractivity contribution in [3.05, 3.63) is 33.1 Å². The van der Waals surface area contributed by atoms with Gasteiger partial charge in [0.15, 0.2) is 0 Å². The molecule has 8 nitrogen and oxygen atoms in total. The fourth-order valence-corrected chi connectivity index (χ4v) is 4.23. The average molecular weight is 367 g/mol. The Balaban J connectivity index is 2.44. The summed E-state index contributed by atoms with van der Waals surface area (Å²) in [5.41, 5.74) is -2.02. The Hall–Kier alpha value is -1.78. The number of carboxylic acid groups (broad SMARTS) is 1. The molecule has 0 radical (unpaired) electrons. The van der Waals surface area contributed by atoms with Crippen LogP contribution in [-0.4, -0.2) is 41.8 Å². The molecule has 1 aliphatic rings. The minimum atomic E-state index is -4.35. The molecule has 1 unspecified atom stereocenters. The van der Waals surface area contributed by atoms with Gasteiger partial charge in [-0.15, -0.1) is 0 Å². The molecular formula is C12H12ClFN2O6S. The van der Waals surface area contributed by atoms with E-state index in [1.807, 2.05) is 0 Å². The lowest BCUT2D eigenvalue weighted by atomic mass is 9.90. The summed E-state index contributed by atoms with van der Waals surface area (Å²) in [5.74, 6) is -2.47. The molecule has 1 fully saturated rings. The van der Waals surface area contributed by atoms with Gasteiger partial charge in [-0.25, -0.2) is 12.8 Å². The number of benzene rings is 1. The summed E-state index contributed by atoms with van der Waals surface area (Å²) in [6, 6.07) is 1.10. The second-order valence-electron chi connectivity index (χ2n) is 5.45. The molecule has 1 heterocycles. The van der Waals surface area contributed by atoms with Gasteiger partial charge in [0.05, 0.1) is 16.4 Å². The zero-order valence-corrected chi connectivity index (χ0v) is 13.4. The van der Waals surface area contributed by atoms with Gasteiger partial charge in [0.2, 0.25) is 10.0 Å². The van der Waals surface area contributed by atoms with Crippen molar-refractivity contribution < 1.29 is 27.6 Å². The first-order chi connectivity index (χ1) is 10.5. The Morgan fingerprint density at radius 1 is 1.52 bits per heavy atom. The van der Waals surface area contributed by atoms with Crippen molar-refractivity contribution in [1.29, 1.82) is 0 Å². The summed E-state index contributed by atoms with van der Waals surface area (Å²) in [7, 11) is -4.35. The minimum Gasteiger partial charge on any atom is -0.481 e. The Kier molecular flexibility index (Phi) is 4.35. The number of aliphatic carboxylic acids is 1. The van der Waals surface area contributed by atoms with Crippen LogP contribution in [0.4, 0.5) is 10.1 Å². The maximum atomic E-state index is 14.0. The fourth-order valence-electron chi connectivity index (χ4n) is 2.29. The molecule has 11 heteroatoms. The lowest BCUT2D eigenvalue weighted by Gasteiger charge is -2.20. The molecule has 0 amide bonds. The minimum absolute atomic E-state index is 0.0733. The largest absolute Gasteiger partial charge is 0.481 e. The van der Waals surface area contributed by atoms with Crippen molar-refractivity contribution in [2.75, 3.05) is 13.1 Å². The van der Waals surface area contributed by atoms with Crippen molar-refractivity contribution >= 4 is 33.3 Å². The highest BCUT2D eigenvalue weighted by atomic mass is 35.5. The van der Waals surface area contributed by atoms with Gasteiger partial charge in [0, 0.05) is 13.1 Å². The van der Waals surface area contributed by atoms with Crippen molar-refractivity contribution in [3.63, 3.8) is 0 Å². The summed E-state index contributed by atoms with van der Waals surface area (Å²) < 4.78 is 39.8. The van der Waals surface area contributed by atoms with Crippen molar-refractivity contribution in [2.45, 2.75) is 18.2 Å². The summed E-state index contributed by atoms with van der Waals surface area (Å²) in [4.78, 5) is 20.1. The molecule has 23 heavy (non-hydrogen) atoms. The number of sulfonamides is 1. The van der Waals surface area contributed by atoms with Gasteiger partial charge in [-0.05, 0) is 19.4 Å². The third-order valence-corrected chi connectivity index (χ3v) is 5.93. The van der Waals surface area contributed by atoms with E-state index in [2.05, 4.69) is 0 Å². The van der Waals surface area contributed by atoms with Crippen LogP contribution in [0.5, 0.6) is 0 Å². The molecule has 1 saturated heterocycles. The SMILES string of the molecule is CC1(C(=O)O)CCN(S(=O)(=O)c2cc(Cl)c([N+](=O)[O-])cc2F)C1. The van der Waals surface area contributed by atoms with Crippen LogP contribution < -0.4 is 0 Å². The van der Waals surface area contributed by atoms with Gasteiger partial charge in [0.1, 0.15) is 15.7 Å². The Morgan fingerprint density at radius 3 is 2.61 bits per heavy atom. The van der Waals surface area contributed by atoms with Crippen LogP contribution in [0.3, 0.4) is 0 Å². The molecule has 0 bridgehead atoms. The van der Waals surface area contributed by atoms with Crippen LogP contribution in [-0.2, 0) is 14.8 Å². The second-order valence-corrected chi connectivity index (χ2v) is 7.76. The average Bonchev–Trinajstić information content (AvgIpc) is 2.85. The maximum absolute atomic E-state index is 14.0. The molecule has 126 valence electrons. The monoisotopic (exact) mass is 366 g/mol.